The number of anilines is 1. The van der Waals surface area contributed by atoms with Crippen LogP contribution in [-0.2, 0) is 15.9 Å². The zero-order valence-electron chi connectivity index (χ0n) is 25.6. The van der Waals surface area contributed by atoms with Crippen molar-refractivity contribution in [2.24, 2.45) is 5.41 Å². The summed E-state index contributed by atoms with van der Waals surface area (Å²) in [6, 6.07) is 12.3. The first-order valence-corrected chi connectivity index (χ1v) is 15.4. The minimum atomic E-state index is -2.51. The summed E-state index contributed by atoms with van der Waals surface area (Å²) in [5, 5.41) is 0. The van der Waals surface area contributed by atoms with E-state index in [1.807, 2.05) is 32.0 Å². The molecule has 10 nitrogen and oxygen atoms in total. The number of carbonyl (C=O) groups is 2. The summed E-state index contributed by atoms with van der Waals surface area (Å²) in [6.07, 6.45) is 1.72. The van der Waals surface area contributed by atoms with E-state index in [1.54, 1.807) is 29.0 Å². The fraction of sp³-hybridized carbons (Fsp3) is 0.438. The lowest BCUT2D eigenvalue weighted by Crippen LogP contribution is -2.58. The summed E-state index contributed by atoms with van der Waals surface area (Å²) in [4.78, 5) is 39.7. The zero-order chi connectivity index (χ0) is 31.5. The Bertz CT molecular complexity index is 1510. The lowest BCUT2D eigenvalue weighted by atomic mass is 9.86. The van der Waals surface area contributed by atoms with Gasteiger partial charge in [0, 0.05) is 37.1 Å². The average molecular weight is 609 g/mol. The van der Waals surface area contributed by atoms with Crippen LogP contribution in [0.3, 0.4) is 0 Å². The molecule has 232 valence electrons. The van der Waals surface area contributed by atoms with Crippen LogP contribution < -0.4 is 10.5 Å². The number of nitrogen functional groups attached to an aromatic ring is 1. The summed E-state index contributed by atoms with van der Waals surface area (Å²) in [7, 11) is 1.73. The molecule has 3 atom stereocenters. The molecular formula is C32H42N5O5S-. The van der Waals surface area contributed by atoms with E-state index in [-0.39, 0.29) is 41.6 Å². The van der Waals surface area contributed by atoms with Gasteiger partial charge in [0.25, 0.3) is 5.91 Å². The Hall–Kier alpha value is -3.83. The maximum atomic E-state index is 14.2. The molecule has 3 aromatic rings. The van der Waals surface area contributed by atoms with Crippen LogP contribution in [0.1, 0.15) is 62.9 Å². The van der Waals surface area contributed by atoms with E-state index < -0.39 is 29.1 Å². The second kappa shape index (κ2) is 13.2. The number of likely N-dealkylation sites (N-methyl/N-ethyl adjacent to an activating group) is 1. The summed E-state index contributed by atoms with van der Waals surface area (Å²) < 4.78 is 29.7. The van der Waals surface area contributed by atoms with Crippen molar-refractivity contribution in [1.29, 1.82) is 0 Å². The number of hydrogen-bond donors (Lipinski definition) is 1. The number of aryl methyl sites for hydroxylation is 2. The van der Waals surface area contributed by atoms with Gasteiger partial charge >= 0.3 is 0 Å². The van der Waals surface area contributed by atoms with Crippen LogP contribution in [0.5, 0.6) is 5.88 Å². The van der Waals surface area contributed by atoms with Crippen LogP contribution in [-0.4, -0.2) is 72.6 Å². The van der Waals surface area contributed by atoms with E-state index in [4.69, 9.17) is 10.5 Å². The second-order valence-corrected chi connectivity index (χ2v) is 13.3. The number of nitrogens with zero attached hydrogens (tertiary/aromatic N) is 4. The third-order valence-electron chi connectivity index (χ3n) is 7.60. The number of carbonyl (C=O) groups excluding carboxylic acids is 2. The minimum Gasteiger partial charge on any atom is -0.768 e. The van der Waals surface area contributed by atoms with Gasteiger partial charge in [-0.1, -0.05) is 45.0 Å². The van der Waals surface area contributed by atoms with E-state index in [2.05, 4.69) is 30.7 Å². The van der Waals surface area contributed by atoms with Crippen LogP contribution in [0.25, 0.3) is 11.3 Å². The molecule has 11 heteroatoms. The third kappa shape index (κ3) is 7.77. The number of likely N-dealkylation sites (tertiary alicyclic amines) is 1. The van der Waals surface area contributed by atoms with Crippen LogP contribution in [0, 0.1) is 19.3 Å². The Balaban J connectivity index is 0.00000529. The van der Waals surface area contributed by atoms with E-state index in [9.17, 15) is 18.4 Å². The van der Waals surface area contributed by atoms with Gasteiger partial charge in [-0.05, 0) is 78.9 Å². The summed E-state index contributed by atoms with van der Waals surface area (Å²) in [6.45, 7) is 10.8. The number of amides is 2. The fourth-order valence-corrected chi connectivity index (χ4v) is 6.11. The van der Waals surface area contributed by atoms with E-state index >= 15 is 0 Å². The van der Waals surface area contributed by atoms with Crippen molar-refractivity contribution in [2.45, 2.75) is 70.9 Å². The maximum absolute atomic E-state index is 14.2. The molecule has 0 saturated carbocycles. The van der Waals surface area contributed by atoms with Crippen molar-refractivity contribution in [3.63, 3.8) is 0 Å². The van der Waals surface area contributed by atoms with Gasteiger partial charge in [-0.2, -0.15) is 4.98 Å². The van der Waals surface area contributed by atoms with Gasteiger partial charge in [0.1, 0.15) is 12.6 Å². The van der Waals surface area contributed by atoms with Crippen LogP contribution in [0.15, 0.2) is 53.4 Å². The van der Waals surface area contributed by atoms with Crippen molar-refractivity contribution in [3.05, 3.63) is 65.2 Å². The summed E-state index contributed by atoms with van der Waals surface area (Å²) in [5.74, 6) is -0.280. The first kappa shape index (κ1) is 32.1. The molecule has 2 aromatic carbocycles. The molecule has 1 aromatic heterocycles. The number of rotatable bonds is 9. The first-order valence-electron chi connectivity index (χ1n) is 14.4. The third-order valence-corrected chi connectivity index (χ3v) is 8.24. The van der Waals surface area contributed by atoms with Crippen molar-refractivity contribution in [1.82, 2.24) is 19.8 Å². The SMILES string of the molecule is Cc1cccc(C)c1-c1cc(OC[C@@H](CC(C)(C)C)N(C(=O)c2cccc(S(=O)[O-])c2)C2CCCN(C)C2=O)nc(N)n1.[HH]. The van der Waals surface area contributed by atoms with Gasteiger partial charge in [0.2, 0.25) is 17.7 Å². The number of nitrogens with two attached hydrogens (primary N) is 1. The van der Waals surface area contributed by atoms with Crippen molar-refractivity contribution >= 4 is 28.8 Å². The van der Waals surface area contributed by atoms with Crippen molar-refractivity contribution < 1.29 is 24.5 Å². The predicted octanol–water partition coefficient (Wildman–Crippen LogP) is 4.77. The number of aromatic nitrogens is 2. The molecule has 2 amide bonds. The Kier molecular flexibility index (Phi) is 9.86. The molecule has 1 fully saturated rings. The summed E-state index contributed by atoms with van der Waals surface area (Å²) in [5.41, 5.74) is 9.69. The van der Waals surface area contributed by atoms with Gasteiger partial charge in [-0.25, -0.2) is 4.98 Å². The molecule has 4 rings (SSSR count). The quantitative estimate of drug-likeness (QED) is 0.342. The van der Waals surface area contributed by atoms with E-state index in [0.717, 1.165) is 23.1 Å². The van der Waals surface area contributed by atoms with Gasteiger partial charge in [-0.15, -0.1) is 0 Å². The van der Waals surface area contributed by atoms with E-state index in [0.29, 0.717) is 25.1 Å². The Morgan fingerprint density at radius 1 is 1.19 bits per heavy atom. The van der Waals surface area contributed by atoms with Crippen LogP contribution >= 0.6 is 0 Å². The highest BCUT2D eigenvalue weighted by molar-refractivity contribution is 7.79. The highest BCUT2D eigenvalue weighted by Gasteiger charge is 2.40. The normalized spacial score (nSPS) is 17.0. The monoisotopic (exact) mass is 608 g/mol. The Morgan fingerprint density at radius 2 is 1.86 bits per heavy atom. The molecule has 0 bridgehead atoms. The number of piperidine rings is 1. The maximum Gasteiger partial charge on any atom is 0.254 e. The predicted molar refractivity (Wildman–Crippen MR) is 167 cm³/mol. The van der Waals surface area contributed by atoms with Gasteiger partial charge < -0.3 is 24.8 Å². The molecule has 2 N–H and O–H groups in total. The molecule has 0 radical (unpaired) electrons. The highest BCUT2D eigenvalue weighted by atomic mass is 32.2. The van der Waals surface area contributed by atoms with Crippen LogP contribution in [0.4, 0.5) is 5.95 Å². The van der Waals surface area contributed by atoms with E-state index in [1.165, 1.54) is 18.2 Å². The standard InChI is InChI=1S/C32H41N5O5S.H2/c1-20-10-7-11-21(2)28(20)25-17-27(35-31(33)34-25)42-19-23(18-32(3,4)5)37(26-14-9-15-36(6)30(26)39)29(38)22-12-8-13-24(16-22)43(40)41;/h7-8,10-13,16-17,23,26H,9,14-15,18-19H2,1-6H3,(H,40,41)(H2,33,34,35);1H/p-1/t23-,26?;/m1./s1. The minimum absolute atomic E-state index is 0. The smallest absolute Gasteiger partial charge is 0.254 e. The lowest BCUT2D eigenvalue weighted by molar-refractivity contribution is -0.139. The van der Waals surface area contributed by atoms with Crippen LogP contribution in [0.2, 0.25) is 0 Å². The zero-order valence-corrected chi connectivity index (χ0v) is 26.4. The number of benzene rings is 2. The molecule has 2 heterocycles. The second-order valence-electron chi connectivity index (χ2n) is 12.3. The topological polar surface area (TPSA) is 142 Å². The average Bonchev–Trinajstić information content (AvgIpc) is 2.93. The van der Waals surface area contributed by atoms with Crippen molar-refractivity contribution in [3.8, 4) is 17.1 Å². The fourth-order valence-electron chi connectivity index (χ4n) is 5.70. The molecule has 1 aliphatic heterocycles. The molecule has 2 unspecified atom stereocenters. The highest BCUT2D eigenvalue weighted by Crippen LogP contribution is 2.31. The van der Waals surface area contributed by atoms with Gasteiger partial charge in [0.05, 0.1) is 11.7 Å². The molecule has 0 spiro atoms. The summed E-state index contributed by atoms with van der Waals surface area (Å²) >= 11 is -2.51. The molecule has 0 aliphatic carbocycles. The Morgan fingerprint density at radius 3 is 2.51 bits per heavy atom. The molecule has 1 aliphatic rings. The van der Waals surface area contributed by atoms with Crippen molar-refractivity contribution in [2.75, 3.05) is 25.9 Å². The molecule has 1 saturated heterocycles. The lowest BCUT2D eigenvalue weighted by Gasteiger charge is -2.43. The number of hydrogen-bond acceptors (Lipinski definition) is 8. The first-order chi connectivity index (χ1) is 20.2. The van der Waals surface area contributed by atoms with Gasteiger partial charge in [0.15, 0.2) is 0 Å². The number of ether oxygens (including phenoxy) is 1. The van der Waals surface area contributed by atoms with Gasteiger partial charge in [-0.3, -0.25) is 13.8 Å². The Labute approximate surface area is 257 Å². The molecule has 43 heavy (non-hydrogen) atoms. The largest absolute Gasteiger partial charge is 0.768 e. The molecular weight excluding hydrogens is 566 g/mol.